The fourth-order valence-corrected chi connectivity index (χ4v) is 0.995. The Hall–Kier alpha value is -1.62. The summed E-state index contributed by atoms with van der Waals surface area (Å²) in [5.41, 5.74) is 0.213. The molecule has 1 aromatic rings. The minimum absolute atomic E-state index is 0.0818. The topological polar surface area (TPSA) is 79.3 Å². The van der Waals surface area contributed by atoms with Crippen molar-refractivity contribution in [2.45, 2.75) is 6.42 Å². The van der Waals surface area contributed by atoms with E-state index in [1.165, 1.54) is 12.3 Å². The van der Waals surface area contributed by atoms with Gasteiger partial charge in [-0.2, -0.15) is 0 Å². The van der Waals surface area contributed by atoms with Crippen LogP contribution in [-0.4, -0.2) is 28.5 Å². The summed E-state index contributed by atoms with van der Waals surface area (Å²) >= 11 is 5.59. The van der Waals surface area contributed by atoms with Crippen LogP contribution < -0.4 is 5.32 Å². The van der Waals surface area contributed by atoms with E-state index in [1.807, 2.05) is 0 Å². The fourth-order valence-electron chi connectivity index (χ4n) is 0.884. The van der Waals surface area contributed by atoms with Crippen LogP contribution in [0, 0.1) is 0 Å². The zero-order valence-corrected chi connectivity index (χ0v) is 8.49. The average Bonchev–Trinajstić information content (AvgIpc) is 2.18. The van der Waals surface area contributed by atoms with Crippen LogP contribution in [0.3, 0.4) is 0 Å². The van der Waals surface area contributed by atoms with Crippen molar-refractivity contribution in [3.63, 3.8) is 0 Å². The summed E-state index contributed by atoms with van der Waals surface area (Å²) in [4.78, 5) is 25.3. The van der Waals surface area contributed by atoms with Gasteiger partial charge in [-0.3, -0.25) is 9.59 Å². The van der Waals surface area contributed by atoms with Gasteiger partial charge >= 0.3 is 5.97 Å². The predicted molar refractivity (Wildman–Crippen MR) is 53.8 cm³/mol. The first-order valence-corrected chi connectivity index (χ1v) is 4.59. The molecule has 2 N–H and O–H groups in total. The molecule has 0 bridgehead atoms. The van der Waals surface area contributed by atoms with Gasteiger partial charge in [-0.05, 0) is 12.1 Å². The molecule has 1 aromatic heterocycles. The van der Waals surface area contributed by atoms with Crippen LogP contribution in [0.4, 0.5) is 0 Å². The Labute approximate surface area is 91.1 Å². The van der Waals surface area contributed by atoms with Crippen LogP contribution in [0.2, 0.25) is 5.02 Å². The van der Waals surface area contributed by atoms with Crippen LogP contribution in [0.1, 0.15) is 16.9 Å². The normalized spacial score (nSPS) is 9.67. The van der Waals surface area contributed by atoms with Gasteiger partial charge in [-0.1, -0.05) is 11.6 Å². The van der Waals surface area contributed by atoms with Crippen LogP contribution in [0.25, 0.3) is 0 Å². The summed E-state index contributed by atoms with van der Waals surface area (Å²) in [5.74, 6) is -1.37. The molecule has 0 atom stereocenters. The lowest BCUT2D eigenvalue weighted by molar-refractivity contribution is -0.136. The highest BCUT2D eigenvalue weighted by atomic mass is 35.5. The third-order valence-electron chi connectivity index (χ3n) is 1.58. The van der Waals surface area contributed by atoms with E-state index in [0.717, 1.165) is 0 Å². The number of rotatable bonds is 4. The number of pyridine rings is 1. The first-order valence-electron chi connectivity index (χ1n) is 4.21. The number of carbonyl (C=O) groups excluding carboxylic acids is 1. The maximum Gasteiger partial charge on any atom is 0.305 e. The summed E-state index contributed by atoms with van der Waals surface area (Å²) in [7, 11) is 0. The largest absolute Gasteiger partial charge is 0.481 e. The highest BCUT2D eigenvalue weighted by molar-refractivity contribution is 6.30. The van der Waals surface area contributed by atoms with E-state index in [1.54, 1.807) is 6.07 Å². The second kappa shape index (κ2) is 5.31. The molecule has 0 radical (unpaired) electrons. The molecular weight excluding hydrogens is 220 g/mol. The molecule has 0 aliphatic heterocycles. The minimum atomic E-state index is -0.959. The number of halogens is 1. The van der Waals surface area contributed by atoms with Crippen molar-refractivity contribution in [3.05, 3.63) is 29.0 Å². The number of amides is 1. The molecule has 0 aliphatic carbocycles. The zero-order chi connectivity index (χ0) is 11.3. The first-order chi connectivity index (χ1) is 7.09. The van der Waals surface area contributed by atoms with Crippen molar-refractivity contribution in [3.8, 4) is 0 Å². The predicted octanol–water partition coefficient (Wildman–Crippen LogP) is 0.940. The summed E-state index contributed by atoms with van der Waals surface area (Å²) in [6, 6.07) is 3.01. The number of nitrogens with zero attached hydrogens (tertiary/aromatic N) is 1. The van der Waals surface area contributed by atoms with E-state index in [9.17, 15) is 9.59 Å². The molecule has 80 valence electrons. The molecule has 0 aliphatic rings. The molecule has 1 rings (SSSR count). The fraction of sp³-hybridized carbons (Fsp3) is 0.222. The Morgan fingerprint density at radius 1 is 1.47 bits per heavy atom. The molecule has 0 fully saturated rings. The van der Waals surface area contributed by atoms with Crippen molar-refractivity contribution < 1.29 is 14.7 Å². The lowest BCUT2D eigenvalue weighted by atomic mass is 10.3. The van der Waals surface area contributed by atoms with Crippen LogP contribution in [-0.2, 0) is 4.79 Å². The number of carboxylic acids is 1. The maximum absolute atomic E-state index is 11.3. The minimum Gasteiger partial charge on any atom is -0.481 e. The van der Waals surface area contributed by atoms with E-state index in [4.69, 9.17) is 16.7 Å². The van der Waals surface area contributed by atoms with Crippen molar-refractivity contribution in [1.82, 2.24) is 10.3 Å². The SMILES string of the molecule is O=C(O)CCNC(=O)c1ccc(Cl)cn1. The quantitative estimate of drug-likeness (QED) is 0.804. The smallest absolute Gasteiger partial charge is 0.305 e. The van der Waals surface area contributed by atoms with Crippen LogP contribution in [0.15, 0.2) is 18.3 Å². The molecule has 0 aromatic carbocycles. The van der Waals surface area contributed by atoms with Gasteiger partial charge in [0.15, 0.2) is 0 Å². The lowest BCUT2D eigenvalue weighted by Gasteiger charge is -2.02. The zero-order valence-electron chi connectivity index (χ0n) is 7.74. The van der Waals surface area contributed by atoms with Gasteiger partial charge in [0.2, 0.25) is 0 Å². The number of aromatic nitrogens is 1. The van der Waals surface area contributed by atoms with Crippen molar-refractivity contribution >= 4 is 23.5 Å². The summed E-state index contributed by atoms with van der Waals surface area (Å²) < 4.78 is 0. The molecule has 1 heterocycles. The number of hydrogen-bond acceptors (Lipinski definition) is 3. The summed E-state index contributed by atoms with van der Waals surface area (Å²) in [5, 5.41) is 11.2. The van der Waals surface area contributed by atoms with E-state index in [-0.39, 0.29) is 18.7 Å². The molecule has 15 heavy (non-hydrogen) atoms. The molecule has 0 spiro atoms. The lowest BCUT2D eigenvalue weighted by Crippen LogP contribution is -2.26. The van der Waals surface area contributed by atoms with E-state index >= 15 is 0 Å². The molecule has 5 nitrogen and oxygen atoms in total. The highest BCUT2D eigenvalue weighted by Gasteiger charge is 2.06. The second-order valence-corrected chi connectivity index (χ2v) is 3.20. The Balaban J connectivity index is 2.47. The van der Waals surface area contributed by atoms with Crippen LogP contribution >= 0.6 is 11.6 Å². The number of hydrogen-bond donors (Lipinski definition) is 2. The Morgan fingerprint density at radius 2 is 2.20 bits per heavy atom. The van der Waals surface area contributed by atoms with Crippen molar-refractivity contribution in [1.29, 1.82) is 0 Å². The van der Waals surface area contributed by atoms with Gasteiger partial charge in [0.05, 0.1) is 11.4 Å². The number of carbonyl (C=O) groups is 2. The average molecular weight is 229 g/mol. The van der Waals surface area contributed by atoms with Gasteiger partial charge < -0.3 is 10.4 Å². The molecule has 0 saturated heterocycles. The van der Waals surface area contributed by atoms with Gasteiger partial charge in [-0.15, -0.1) is 0 Å². The van der Waals surface area contributed by atoms with Gasteiger partial charge in [-0.25, -0.2) is 4.98 Å². The van der Waals surface area contributed by atoms with Gasteiger partial charge in [0.1, 0.15) is 5.69 Å². The second-order valence-electron chi connectivity index (χ2n) is 2.76. The van der Waals surface area contributed by atoms with Gasteiger partial charge in [0.25, 0.3) is 5.91 Å². The van der Waals surface area contributed by atoms with Crippen molar-refractivity contribution in [2.75, 3.05) is 6.54 Å². The molecule has 1 amide bonds. The van der Waals surface area contributed by atoms with E-state index < -0.39 is 11.9 Å². The number of aliphatic carboxylic acids is 1. The van der Waals surface area contributed by atoms with E-state index in [0.29, 0.717) is 5.02 Å². The molecular formula is C9H9ClN2O3. The number of carboxylic acid groups (broad SMARTS) is 1. The molecule has 6 heteroatoms. The standard InChI is InChI=1S/C9H9ClN2O3/c10-6-1-2-7(12-5-6)9(15)11-4-3-8(13)14/h1-2,5H,3-4H2,(H,11,15)(H,13,14). The molecule has 0 unspecified atom stereocenters. The molecule has 0 saturated carbocycles. The third-order valence-corrected chi connectivity index (χ3v) is 1.81. The summed E-state index contributed by atoms with van der Waals surface area (Å²) in [6.07, 6.45) is 1.24. The Kier molecular flexibility index (Phi) is 4.05. The monoisotopic (exact) mass is 228 g/mol. The first kappa shape index (κ1) is 11.5. The van der Waals surface area contributed by atoms with Crippen molar-refractivity contribution in [2.24, 2.45) is 0 Å². The third kappa shape index (κ3) is 3.95. The van der Waals surface area contributed by atoms with E-state index in [2.05, 4.69) is 10.3 Å². The van der Waals surface area contributed by atoms with Crippen LogP contribution in [0.5, 0.6) is 0 Å². The number of nitrogens with one attached hydrogen (secondary N) is 1. The maximum atomic E-state index is 11.3. The van der Waals surface area contributed by atoms with Gasteiger partial charge in [0, 0.05) is 12.7 Å². The highest BCUT2D eigenvalue weighted by Crippen LogP contribution is 2.05. The summed E-state index contributed by atoms with van der Waals surface area (Å²) in [6.45, 7) is 0.0818. The Morgan fingerprint density at radius 3 is 2.73 bits per heavy atom. The Bertz CT molecular complexity index is 364.